The minimum absolute atomic E-state index is 0.0649. The lowest BCUT2D eigenvalue weighted by molar-refractivity contribution is -0.116. The van der Waals surface area contributed by atoms with Gasteiger partial charge in [0.25, 0.3) is 0 Å². The Labute approximate surface area is 182 Å². The number of amides is 1. The van der Waals surface area contributed by atoms with Gasteiger partial charge in [-0.05, 0) is 28.8 Å². The van der Waals surface area contributed by atoms with E-state index in [0.29, 0.717) is 18.1 Å². The molecule has 0 unspecified atom stereocenters. The number of anilines is 1. The van der Waals surface area contributed by atoms with Gasteiger partial charge in [-0.1, -0.05) is 91.8 Å². The van der Waals surface area contributed by atoms with Gasteiger partial charge in [0.2, 0.25) is 11.8 Å². The maximum absolute atomic E-state index is 13.2. The Hall–Kier alpha value is -3.73. The Morgan fingerprint density at radius 3 is 1.97 bits per heavy atom. The summed E-state index contributed by atoms with van der Waals surface area (Å²) in [4.78, 5) is 17.6. The standard InChI is InChI=1S/C26H25N3O2/c1-18(2)26-28-23(29-31-26)17-19-13-15-22(16-14-19)27-25(30)24(20-9-5-3-6-10-20)21-11-7-4-8-12-21/h3-16,18,24H,17H2,1-2H3,(H,27,30). The molecular formula is C26H25N3O2. The van der Waals surface area contributed by atoms with Crippen molar-refractivity contribution < 1.29 is 9.32 Å². The van der Waals surface area contributed by atoms with Crippen molar-refractivity contribution in [1.82, 2.24) is 10.1 Å². The van der Waals surface area contributed by atoms with Gasteiger partial charge in [0.05, 0.1) is 5.92 Å². The molecule has 1 N–H and O–H groups in total. The van der Waals surface area contributed by atoms with E-state index in [1.54, 1.807) is 0 Å². The maximum Gasteiger partial charge on any atom is 0.236 e. The van der Waals surface area contributed by atoms with Crippen LogP contribution in [0.15, 0.2) is 89.5 Å². The van der Waals surface area contributed by atoms with Crippen molar-refractivity contribution in [2.75, 3.05) is 5.32 Å². The zero-order valence-corrected chi connectivity index (χ0v) is 17.7. The van der Waals surface area contributed by atoms with Crippen LogP contribution in [0.25, 0.3) is 0 Å². The molecule has 1 aromatic heterocycles. The average Bonchev–Trinajstić information content (AvgIpc) is 3.26. The lowest BCUT2D eigenvalue weighted by Gasteiger charge is -2.18. The number of nitrogens with one attached hydrogen (secondary N) is 1. The van der Waals surface area contributed by atoms with Crippen molar-refractivity contribution in [3.63, 3.8) is 0 Å². The Balaban J connectivity index is 1.48. The third kappa shape index (κ3) is 5.07. The van der Waals surface area contributed by atoms with Gasteiger partial charge in [-0.25, -0.2) is 0 Å². The van der Waals surface area contributed by atoms with Crippen LogP contribution in [0.2, 0.25) is 0 Å². The molecule has 156 valence electrons. The van der Waals surface area contributed by atoms with Crippen LogP contribution >= 0.6 is 0 Å². The Morgan fingerprint density at radius 1 is 0.871 bits per heavy atom. The highest BCUT2D eigenvalue weighted by atomic mass is 16.5. The second kappa shape index (κ2) is 9.39. The zero-order valence-electron chi connectivity index (χ0n) is 17.7. The molecule has 0 saturated heterocycles. The minimum Gasteiger partial charge on any atom is -0.339 e. The predicted octanol–water partition coefficient (Wildman–Crippen LogP) is 5.55. The van der Waals surface area contributed by atoms with E-state index in [0.717, 1.165) is 22.4 Å². The molecule has 0 aliphatic heterocycles. The van der Waals surface area contributed by atoms with Crippen LogP contribution in [-0.4, -0.2) is 16.0 Å². The van der Waals surface area contributed by atoms with E-state index in [2.05, 4.69) is 15.5 Å². The minimum atomic E-state index is -0.379. The third-order valence-electron chi connectivity index (χ3n) is 5.09. The highest BCUT2D eigenvalue weighted by Gasteiger charge is 2.22. The van der Waals surface area contributed by atoms with Crippen molar-refractivity contribution in [2.45, 2.75) is 32.1 Å². The van der Waals surface area contributed by atoms with Gasteiger partial charge in [-0.15, -0.1) is 0 Å². The van der Waals surface area contributed by atoms with Gasteiger partial charge in [0.1, 0.15) is 0 Å². The number of benzene rings is 3. The first kappa shape index (κ1) is 20.5. The number of nitrogens with zero attached hydrogens (tertiary/aromatic N) is 2. The van der Waals surface area contributed by atoms with Crippen LogP contribution in [0.4, 0.5) is 5.69 Å². The van der Waals surface area contributed by atoms with Crippen LogP contribution < -0.4 is 5.32 Å². The Morgan fingerprint density at radius 2 is 1.45 bits per heavy atom. The first-order chi connectivity index (χ1) is 15.1. The zero-order chi connectivity index (χ0) is 21.6. The molecule has 5 nitrogen and oxygen atoms in total. The first-order valence-corrected chi connectivity index (χ1v) is 10.4. The molecule has 4 rings (SSSR count). The van der Waals surface area contributed by atoms with Crippen molar-refractivity contribution in [1.29, 1.82) is 0 Å². The Bertz CT molecular complexity index is 1080. The summed E-state index contributed by atoms with van der Waals surface area (Å²) in [7, 11) is 0. The summed E-state index contributed by atoms with van der Waals surface area (Å²) in [5, 5.41) is 7.10. The maximum atomic E-state index is 13.2. The van der Waals surface area contributed by atoms with E-state index in [-0.39, 0.29) is 17.7 Å². The van der Waals surface area contributed by atoms with Crippen molar-refractivity contribution >= 4 is 11.6 Å². The predicted molar refractivity (Wildman–Crippen MR) is 121 cm³/mol. The molecular weight excluding hydrogens is 386 g/mol. The molecule has 4 aromatic rings. The van der Waals surface area contributed by atoms with E-state index in [9.17, 15) is 4.79 Å². The van der Waals surface area contributed by atoms with E-state index in [4.69, 9.17) is 4.52 Å². The largest absolute Gasteiger partial charge is 0.339 e. The fourth-order valence-electron chi connectivity index (χ4n) is 3.46. The molecule has 0 radical (unpaired) electrons. The molecule has 0 fully saturated rings. The first-order valence-electron chi connectivity index (χ1n) is 10.4. The van der Waals surface area contributed by atoms with E-state index in [1.165, 1.54) is 0 Å². The van der Waals surface area contributed by atoms with Crippen LogP contribution in [0.3, 0.4) is 0 Å². The topological polar surface area (TPSA) is 68.0 Å². The third-order valence-corrected chi connectivity index (χ3v) is 5.09. The lowest BCUT2D eigenvalue weighted by atomic mass is 9.90. The molecule has 3 aromatic carbocycles. The van der Waals surface area contributed by atoms with E-state index in [1.807, 2.05) is 98.8 Å². The highest BCUT2D eigenvalue weighted by molar-refractivity contribution is 5.98. The summed E-state index contributed by atoms with van der Waals surface area (Å²) in [5.41, 5.74) is 3.72. The van der Waals surface area contributed by atoms with Gasteiger partial charge >= 0.3 is 0 Å². The van der Waals surface area contributed by atoms with Crippen LogP contribution in [0.1, 0.15) is 54.1 Å². The van der Waals surface area contributed by atoms with Gasteiger partial charge in [-0.3, -0.25) is 4.79 Å². The highest BCUT2D eigenvalue weighted by Crippen LogP contribution is 2.26. The molecule has 0 aliphatic carbocycles. The average molecular weight is 412 g/mol. The van der Waals surface area contributed by atoms with Gasteiger partial charge in [-0.2, -0.15) is 4.98 Å². The molecule has 0 atom stereocenters. The Kier molecular flexibility index (Phi) is 6.22. The number of carbonyl (C=O) groups is 1. The van der Waals surface area contributed by atoms with E-state index >= 15 is 0 Å². The summed E-state index contributed by atoms with van der Waals surface area (Å²) in [6, 6.07) is 27.4. The van der Waals surface area contributed by atoms with Crippen LogP contribution in [0, 0.1) is 0 Å². The van der Waals surface area contributed by atoms with Gasteiger partial charge < -0.3 is 9.84 Å². The summed E-state index contributed by atoms with van der Waals surface area (Å²) in [5.74, 6) is 1.07. The van der Waals surface area contributed by atoms with Crippen molar-refractivity contribution in [3.05, 3.63) is 113 Å². The molecule has 0 aliphatic rings. The second-order valence-electron chi connectivity index (χ2n) is 7.82. The monoisotopic (exact) mass is 411 g/mol. The lowest BCUT2D eigenvalue weighted by Crippen LogP contribution is -2.22. The van der Waals surface area contributed by atoms with Crippen LogP contribution in [0.5, 0.6) is 0 Å². The fourth-order valence-corrected chi connectivity index (χ4v) is 3.46. The number of hydrogen-bond acceptors (Lipinski definition) is 4. The number of hydrogen-bond donors (Lipinski definition) is 1. The number of aromatic nitrogens is 2. The second-order valence-corrected chi connectivity index (χ2v) is 7.82. The summed E-state index contributed by atoms with van der Waals surface area (Å²) >= 11 is 0. The number of rotatable bonds is 7. The molecule has 0 saturated carbocycles. The fraction of sp³-hybridized carbons (Fsp3) is 0.192. The normalized spacial score (nSPS) is 11.1. The van der Waals surface area contributed by atoms with Crippen molar-refractivity contribution in [2.24, 2.45) is 0 Å². The van der Waals surface area contributed by atoms with E-state index < -0.39 is 0 Å². The molecule has 31 heavy (non-hydrogen) atoms. The van der Waals surface area contributed by atoms with Gasteiger partial charge in [0.15, 0.2) is 5.82 Å². The summed E-state index contributed by atoms with van der Waals surface area (Å²) in [6.45, 7) is 4.04. The smallest absolute Gasteiger partial charge is 0.236 e. The quantitative estimate of drug-likeness (QED) is 0.433. The molecule has 1 amide bonds. The molecule has 5 heteroatoms. The SMILES string of the molecule is CC(C)c1nc(Cc2ccc(NC(=O)C(c3ccccc3)c3ccccc3)cc2)no1. The molecule has 0 spiro atoms. The van der Waals surface area contributed by atoms with Gasteiger partial charge in [0, 0.05) is 18.0 Å². The molecule has 0 bridgehead atoms. The summed E-state index contributed by atoms with van der Waals surface area (Å²) in [6.07, 6.45) is 0.584. The molecule has 1 heterocycles. The van der Waals surface area contributed by atoms with Crippen LogP contribution in [-0.2, 0) is 11.2 Å². The summed E-state index contributed by atoms with van der Waals surface area (Å²) < 4.78 is 5.27. The van der Waals surface area contributed by atoms with Crippen molar-refractivity contribution in [3.8, 4) is 0 Å². The number of carbonyl (C=O) groups excluding carboxylic acids is 1.